The van der Waals surface area contributed by atoms with Gasteiger partial charge in [0.1, 0.15) is 16.9 Å². The Morgan fingerprint density at radius 1 is 1.29 bits per heavy atom. The summed E-state index contributed by atoms with van der Waals surface area (Å²) >= 11 is 5.08. The molecule has 158 valence electrons. The molecule has 0 saturated heterocycles. The number of aliphatic hydroxyl groups excluding tert-OH is 3. The number of aryl methyl sites for hydroxylation is 1. The molecule has 0 bridgehead atoms. The van der Waals surface area contributed by atoms with Gasteiger partial charge in [0.15, 0.2) is 0 Å². The summed E-state index contributed by atoms with van der Waals surface area (Å²) in [6.45, 7) is 1.84. The number of anilines is 2. The maximum Gasteiger partial charge on any atom is 0.224 e. The molecular weight excluding hydrogens is 408 g/mol. The molecule has 11 nitrogen and oxygen atoms in total. The molecule has 1 aromatic heterocycles. The van der Waals surface area contributed by atoms with Gasteiger partial charge in [-0.05, 0) is 13.3 Å². The topological polar surface area (TPSA) is 183 Å². The minimum Gasteiger partial charge on any atom is -0.396 e. The van der Waals surface area contributed by atoms with Gasteiger partial charge in [-0.25, -0.2) is 18.1 Å². The summed E-state index contributed by atoms with van der Waals surface area (Å²) in [4.78, 5) is 8.67. The maximum absolute atomic E-state index is 11.1. The molecule has 1 saturated carbocycles. The van der Waals surface area contributed by atoms with Crippen LogP contribution in [0.1, 0.15) is 17.7 Å². The number of thiocarbonyl (C=S) groups is 1. The van der Waals surface area contributed by atoms with Crippen LogP contribution in [-0.4, -0.2) is 82.9 Å². The molecule has 0 spiro atoms. The number of hydrogen-bond donors (Lipinski definition) is 7. The van der Waals surface area contributed by atoms with Crippen LogP contribution < -0.4 is 21.1 Å². The van der Waals surface area contributed by atoms with Gasteiger partial charge in [0.2, 0.25) is 16.0 Å². The van der Waals surface area contributed by atoms with Gasteiger partial charge in [-0.3, -0.25) is 0 Å². The second kappa shape index (κ2) is 9.24. The molecule has 1 heterocycles. The zero-order valence-corrected chi connectivity index (χ0v) is 17.2. The largest absolute Gasteiger partial charge is 0.396 e. The standard InChI is InChI=1S/C15H26N6O5S2/c1-7-10(13(16)27)14(20-9-5-8(6-22)11(23)12(9)24)21-15(19-7)17-3-4-18-28(2,25)26/h8-9,11-12,18,22-24H,3-6H2,1-2H3,(H2,16,27)(H2,17,19,20,21). The van der Waals surface area contributed by atoms with Crippen molar-refractivity contribution in [2.75, 3.05) is 36.6 Å². The zero-order chi connectivity index (χ0) is 21.1. The van der Waals surface area contributed by atoms with Crippen molar-refractivity contribution in [2.45, 2.75) is 31.6 Å². The fourth-order valence-electron chi connectivity index (χ4n) is 3.09. The number of hydrogen-bond acceptors (Lipinski definition) is 10. The second-order valence-corrected chi connectivity index (χ2v) is 9.00. The summed E-state index contributed by atoms with van der Waals surface area (Å²) in [6.07, 6.45) is -0.756. The first-order valence-electron chi connectivity index (χ1n) is 8.64. The Morgan fingerprint density at radius 2 is 1.96 bits per heavy atom. The summed E-state index contributed by atoms with van der Waals surface area (Å²) < 4.78 is 24.5. The van der Waals surface area contributed by atoms with Crippen molar-refractivity contribution in [3.05, 3.63) is 11.3 Å². The number of aromatic nitrogens is 2. The highest BCUT2D eigenvalue weighted by atomic mass is 32.2. The first kappa shape index (κ1) is 22.6. The van der Waals surface area contributed by atoms with Gasteiger partial charge in [0.05, 0.1) is 29.7 Å². The maximum atomic E-state index is 11.1. The Morgan fingerprint density at radius 3 is 2.50 bits per heavy atom. The van der Waals surface area contributed by atoms with Crippen LogP contribution in [0.15, 0.2) is 0 Å². The SMILES string of the molecule is Cc1nc(NCCNS(C)(=O)=O)nc(NC2CC(CO)C(O)C2O)c1C(N)=S. The van der Waals surface area contributed by atoms with Gasteiger partial charge in [-0.2, -0.15) is 4.98 Å². The minimum absolute atomic E-state index is 0.0667. The van der Waals surface area contributed by atoms with E-state index in [9.17, 15) is 23.7 Å². The second-order valence-electron chi connectivity index (χ2n) is 6.72. The zero-order valence-electron chi connectivity index (χ0n) is 15.6. The first-order chi connectivity index (χ1) is 13.0. The van der Waals surface area contributed by atoms with E-state index in [0.717, 1.165) is 6.26 Å². The highest BCUT2D eigenvalue weighted by Crippen LogP contribution is 2.30. The van der Waals surface area contributed by atoms with Crippen molar-refractivity contribution >= 4 is 39.0 Å². The number of aliphatic hydroxyl groups is 3. The highest BCUT2D eigenvalue weighted by Gasteiger charge is 2.41. The number of nitrogens with zero attached hydrogens (tertiary/aromatic N) is 2. The molecule has 0 aliphatic heterocycles. The molecule has 13 heteroatoms. The molecule has 0 amide bonds. The summed E-state index contributed by atoms with van der Waals surface area (Å²) in [7, 11) is -3.30. The lowest BCUT2D eigenvalue weighted by molar-refractivity contribution is 0.00445. The molecule has 2 rings (SSSR count). The molecule has 4 unspecified atom stereocenters. The predicted molar refractivity (Wildman–Crippen MR) is 109 cm³/mol. The van der Waals surface area contributed by atoms with E-state index in [4.69, 9.17) is 18.0 Å². The van der Waals surface area contributed by atoms with Crippen LogP contribution in [0.4, 0.5) is 11.8 Å². The van der Waals surface area contributed by atoms with Gasteiger partial charge in [0.25, 0.3) is 0 Å². The number of rotatable bonds is 9. The molecule has 8 N–H and O–H groups in total. The summed E-state index contributed by atoms with van der Waals surface area (Å²) in [5.74, 6) is 0.0545. The third kappa shape index (κ3) is 5.68. The Labute approximate surface area is 168 Å². The van der Waals surface area contributed by atoms with Gasteiger partial charge in [0, 0.05) is 25.6 Å². The van der Waals surface area contributed by atoms with E-state index in [1.807, 2.05) is 0 Å². The third-order valence-corrected chi connectivity index (χ3v) is 5.40. The smallest absolute Gasteiger partial charge is 0.224 e. The van der Waals surface area contributed by atoms with Crippen LogP contribution in [0, 0.1) is 12.8 Å². The van der Waals surface area contributed by atoms with Gasteiger partial charge in [-0.15, -0.1) is 0 Å². The van der Waals surface area contributed by atoms with E-state index in [-0.39, 0.29) is 36.5 Å². The van der Waals surface area contributed by atoms with Crippen molar-refractivity contribution in [2.24, 2.45) is 11.7 Å². The molecule has 4 atom stereocenters. The number of sulfonamides is 1. The van der Waals surface area contributed by atoms with E-state index >= 15 is 0 Å². The summed E-state index contributed by atoms with van der Waals surface area (Å²) in [5, 5.41) is 35.5. The average Bonchev–Trinajstić information content (AvgIpc) is 2.85. The lowest BCUT2D eigenvalue weighted by Gasteiger charge is -2.21. The number of nitrogens with one attached hydrogen (secondary N) is 3. The lowest BCUT2D eigenvalue weighted by atomic mass is 10.1. The van der Waals surface area contributed by atoms with E-state index in [0.29, 0.717) is 17.7 Å². The summed E-state index contributed by atoms with van der Waals surface area (Å²) in [6, 6.07) is -0.561. The van der Waals surface area contributed by atoms with Crippen LogP contribution in [0.2, 0.25) is 0 Å². The third-order valence-electron chi connectivity index (χ3n) is 4.47. The minimum atomic E-state index is -3.30. The Kier molecular flexibility index (Phi) is 7.47. The van der Waals surface area contributed by atoms with Crippen LogP contribution in [0.5, 0.6) is 0 Å². The first-order valence-corrected chi connectivity index (χ1v) is 10.9. The molecule has 1 aromatic rings. The van der Waals surface area contributed by atoms with Gasteiger partial charge >= 0.3 is 0 Å². The van der Waals surface area contributed by atoms with Crippen molar-refractivity contribution in [3.8, 4) is 0 Å². The average molecular weight is 435 g/mol. The van der Waals surface area contributed by atoms with Crippen molar-refractivity contribution in [1.29, 1.82) is 0 Å². The fraction of sp³-hybridized carbons (Fsp3) is 0.667. The predicted octanol–water partition coefficient (Wildman–Crippen LogP) is -2.11. The molecule has 0 radical (unpaired) electrons. The lowest BCUT2D eigenvalue weighted by Crippen LogP contribution is -2.36. The number of nitrogens with two attached hydrogens (primary N) is 1. The van der Waals surface area contributed by atoms with Gasteiger partial charge in [-0.1, -0.05) is 12.2 Å². The van der Waals surface area contributed by atoms with Crippen molar-refractivity contribution in [1.82, 2.24) is 14.7 Å². The van der Waals surface area contributed by atoms with Crippen LogP contribution in [-0.2, 0) is 10.0 Å². The normalized spacial score (nSPS) is 24.9. The van der Waals surface area contributed by atoms with E-state index in [1.165, 1.54) is 0 Å². The summed E-state index contributed by atoms with van der Waals surface area (Å²) in [5.41, 5.74) is 6.69. The quantitative estimate of drug-likeness (QED) is 0.167. The molecule has 28 heavy (non-hydrogen) atoms. The molecular formula is C15H26N6O5S2. The molecule has 1 aliphatic rings. The van der Waals surface area contributed by atoms with E-state index < -0.39 is 34.2 Å². The Bertz CT molecular complexity index is 821. The fourth-order valence-corrected chi connectivity index (χ4v) is 3.80. The van der Waals surface area contributed by atoms with Crippen molar-refractivity contribution in [3.63, 3.8) is 0 Å². The Balaban J connectivity index is 2.19. The van der Waals surface area contributed by atoms with Gasteiger partial charge < -0.3 is 31.7 Å². The van der Waals surface area contributed by atoms with Crippen LogP contribution in [0.25, 0.3) is 0 Å². The molecule has 1 aliphatic carbocycles. The van der Waals surface area contributed by atoms with Crippen LogP contribution >= 0.6 is 12.2 Å². The molecule has 0 aromatic carbocycles. The van der Waals surface area contributed by atoms with E-state index in [1.54, 1.807) is 6.92 Å². The van der Waals surface area contributed by atoms with E-state index in [2.05, 4.69) is 25.3 Å². The Hall–Kier alpha value is -1.64. The highest BCUT2D eigenvalue weighted by molar-refractivity contribution is 7.88. The monoisotopic (exact) mass is 434 g/mol. The molecule has 1 fully saturated rings. The van der Waals surface area contributed by atoms with Crippen LogP contribution in [0.3, 0.4) is 0 Å². The van der Waals surface area contributed by atoms with Crippen molar-refractivity contribution < 1.29 is 23.7 Å².